The Hall–Kier alpha value is -1.55. The van der Waals surface area contributed by atoms with Crippen molar-refractivity contribution in [1.82, 2.24) is 5.32 Å². The van der Waals surface area contributed by atoms with E-state index in [9.17, 15) is 9.90 Å². The molecular weight excluding hydrogens is 266 g/mol. The predicted molar refractivity (Wildman–Crippen MR) is 84.4 cm³/mol. The Balaban J connectivity index is 2.79. The molecule has 0 spiro atoms. The first kappa shape index (κ1) is 17.5. The van der Waals surface area contributed by atoms with Crippen LogP contribution in [0.25, 0.3) is 0 Å². The number of amides is 1. The number of aliphatic hydroxyl groups is 1. The Morgan fingerprint density at radius 2 is 1.76 bits per heavy atom. The van der Waals surface area contributed by atoms with Crippen LogP contribution >= 0.6 is 0 Å². The normalized spacial score (nSPS) is 12.3. The molecule has 1 atom stereocenters. The summed E-state index contributed by atoms with van der Waals surface area (Å²) in [5.74, 6) is 0.633. The van der Waals surface area contributed by atoms with E-state index in [2.05, 4.69) is 19.2 Å². The van der Waals surface area contributed by atoms with Gasteiger partial charge in [-0.25, -0.2) is 0 Å². The molecule has 1 aromatic rings. The van der Waals surface area contributed by atoms with E-state index in [0.29, 0.717) is 0 Å². The highest BCUT2D eigenvalue weighted by Gasteiger charge is 2.19. The minimum atomic E-state index is -0.539. The summed E-state index contributed by atoms with van der Waals surface area (Å²) >= 11 is 0. The van der Waals surface area contributed by atoms with Crippen LogP contribution < -0.4 is 10.1 Å². The number of hydrogen-bond donors (Lipinski definition) is 2. The van der Waals surface area contributed by atoms with E-state index < -0.39 is 6.10 Å². The van der Waals surface area contributed by atoms with E-state index in [4.69, 9.17) is 4.74 Å². The lowest BCUT2D eigenvalue weighted by Gasteiger charge is -2.21. The van der Waals surface area contributed by atoms with Crippen LogP contribution in [0.4, 0.5) is 0 Å². The van der Waals surface area contributed by atoms with Crippen LogP contribution in [0.1, 0.15) is 50.3 Å². The van der Waals surface area contributed by atoms with Crippen molar-refractivity contribution < 1.29 is 14.6 Å². The monoisotopic (exact) mass is 293 g/mol. The molecule has 4 nitrogen and oxygen atoms in total. The number of nitrogens with one attached hydrogen (secondary N) is 1. The summed E-state index contributed by atoms with van der Waals surface area (Å²) in [7, 11) is 0. The molecule has 0 aliphatic rings. The molecule has 21 heavy (non-hydrogen) atoms. The fraction of sp³-hybridized carbons (Fsp3) is 0.588. The van der Waals surface area contributed by atoms with Gasteiger partial charge in [0.05, 0.1) is 6.61 Å². The van der Waals surface area contributed by atoms with Crippen molar-refractivity contribution in [2.24, 2.45) is 0 Å². The Kier molecular flexibility index (Phi) is 6.69. The SMILES string of the molecule is CCC(CC)NC(=O)C(C)Oc1c(C)cc(CO)cc1C. The van der Waals surface area contributed by atoms with Crippen LogP contribution in [0, 0.1) is 13.8 Å². The Morgan fingerprint density at radius 1 is 1.24 bits per heavy atom. The first-order chi connectivity index (χ1) is 9.92. The summed E-state index contributed by atoms with van der Waals surface area (Å²) in [6, 6.07) is 3.96. The fourth-order valence-corrected chi connectivity index (χ4v) is 2.36. The molecule has 0 aliphatic heterocycles. The summed E-state index contributed by atoms with van der Waals surface area (Å²) in [5, 5.41) is 12.2. The third kappa shape index (κ3) is 4.74. The van der Waals surface area contributed by atoms with Gasteiger partial charge in [-0.3, -0.25) is 4.79 Å². The van der Waals surface area contributed by atoms with Crippen molar-refractivity contribution in [3.63, 3.8) is 0 Å². The quantitative estimate of drug-likeness (QED) is 0.812. The first-order valence-corrected chi connectivity index (χ1v) is 7.60. The van der Waals surface area contributed by atoms with Crippen LogP contribution in [0.5, 0.6) is 5.75 Å². The summed E-state index contributed by atoms with van der Waals surface area (Å²) in [5.41, 5.74) is 2.72. The molecule has 2 N–H and O–H groups in total. The average molecular weight is 293 g/mol. The average Bonchev–Trinajstić information content (AvgIpc) is 2.47. The van der Waals surface area contributed by atoms with Gasteiger partial charge in [-0.15, -0.1) is 0 Å². The molecule has 0 fully saturated rings. The van der Waals surface area contributed by atoms with Crippen molar-refractivity contribution in [1.29, 1.82) is 0 Å². The molecule has 1 unspecified atom stereocenters. The molecule has 4 heteroatoms. The van der Waals surface area contributed by atoms with Gasteiger partial charge >= 0.3 is 0 Å². The molecule has 1 aromatic carbocycles. The molecule has 0 saturated heterocycles. The zero-order chi connectivity index (χ0) is 16.0. The Labute approximate surface area is 127 Å². The highest BCUT2D eigenvalue weighted by Crippen LogP contribution is 2.26. The number of hydrogen-bond acceptors (Lipinski definition) is 3. The molecule has 0 heterocycles. The van der Waals surface area contributed by atoms with E-state index >= 15 is 0 Å². The molecule has 1 amide bonds. The summed E-state index contributed by atoms with van der Waals surface area (Å²) < 4.78 is 5.83. The molecule has 0 aromatic heterocycles. The number of aliphatic hydroxyl groups excluding tert-OH is 1. The lowest BCUT2D eigenvalue weighted by Crippen LogP contribution is -2.42. The summed E-state index contributed by atoms with van der Waals surface area (Å²) in [6.45, 7) is 9.73. The molecule has 0 saturated carbocycles. The molecule has 0 radical (unpaired) electrons. The number of rotatable bonds is 7. The van der Waals surface area contributed by atoms with Crippen molar-refractivity contribution in [2.45, 2.75) is 66.2 Å². The lowest BCUT2D eigenvalue weighted by molar-refractivity contribution is -0.128. The Bertz CT molecular complexity index is 458. The first-order valence-electron chi connectivity index (χ1n) is 7.60. The molecule has 0 aliphatic carbocycles. The van der Waals surface area contributed by atoms with Gasteiger partial charge in [0.1, 0.15) is 5.75 Å². The number of aryl methyl sites for hydroxylation is 2. The number of benzene rings is 1. The van der Waals surface area contributed by atoms with Crippen molar-refractivity contribution >= 4 is 5.91 Å². The largest absolute Gasteiger partial charge is 0.480 e. The molecule has 118 valence electrons. The number of carbonyl (C=O) groups excluding carboxylic acids is 1. The van der Waals surface area contributed by atoms with Gasteiger partial charge in [-0.05, 0) is 50.3 Å². The second-order valence-electron chi connectivity index (χ2n) is 5.50. The minimum Gasteiger partial charge on any atom is -0.480 e. The fourth-order valence-electron chi connectivity index (χ4n) is 2.36. The van der Waals surface area contributed by atoms with Crippen LogP contribution in [0.15, 0.2) is 12.1 Å². The Morgan fingerprint density at radius 3 is 2.19 bits per heavy atom. The summed E-state index contributed by atoms with van der Waals surface area (Å²) in [6.07, 6.45) is 1.29. The molecule has 0 bridgehead atoms. The van der Waals surface area contributed by atoms with Crippen LogP contribution in [0.3, 0.4) is 0 Å². The standard InChI is InChI=1S/C17H27NO3/c1-6-15(7-2)18-17(20)13(5)21-16-11(3)8-14(10-19)9-12(16)4/h8-9,13,15,19H,6-7,10H2,1-5H3,(H,18,20). The van der Waals surface area contributed by atoms with E-state index in [0.717, 1.165) is 35.3 Å². The number of ether oxygens (including phenoxy) is 1. The maximum absolute atomic E-state index is 12.1. The lowest BCUT2D eigenvalue weighted by atomic mass is 10.1. The summed E-state index contributed by atoms with van der Waals surface area (Å²) in [4.78, 5) is 12.1. The molecular formula is C17H27NO3. The molecule has 1 rings (SSSR count). The van der Waals surface area contributed by atoms with E-state index in [1.54, 1.807) is 6.92 Å². The predicted octanol–water partition coefficient (Wildman–Crippen LogP) is 2.87. The van der Waals surface area contributed by atoms with E-state index in [1.807, 2.05) is 26.0 Å². The van der Waals surface area contributed by atoms with Crippen molar-refractivity contribution in [3.05, 3.63) is 28.8 Å². The maximum Gasteiger partial charge on any atom is 0.260 e. The topological polar surface area (TPSA) is 58.6 Å². The van der Waals surface area contributed by atoms with E-state index in [1.165, 1.54) is 0 Å². The second-order valence-corrected chi connectivity index (χ2v) is 5.50. The minimum absolute atomic E-state index is 0.00663. The number of carbonyl (C=O) groups is 1. The zero-order valence-corrected chi connectivity index (χ0v) is 13.7. The van der Waals surface area contributed by atoms with Crippen molar-refractivity contribution in [3.8, 4) is 5.75 Å². The van der Waals surface area contributed by atoms with Crippen LogP contribution in [-0.2, 0) is 11.4 Å². The van der Waals surface area contributed by atoms with Crippen LogP contribution in [0.2, 0.25) is 0 Å². The van der Waals surface area contributed by atoms with Crippen molar-refractivity contribution in [2.75, 3.05) is 0 Å². The zero-order valence-electron chi connectivity index (χ0n) is 13.7. The van der Waals surface area contributed by atoms with E-state index in [-0.39, 0.29) is 18.6 Å². The van der Waals surface area contributed by atoms with Gasteiger partial charge in [0.2, 0.25) is 0 Å². The van der Waals surface area contributed by atoms with Crippen LogP contribution in [-0.4, -0.2) is 23.2 Å². The second kappa shape index (κ2) is 8.03. The smallest absolute Gasteiger partial charge is 0.260 e. The highest BCUT2D eigenvalue weighted by molar-refractivity contribution is 5.81. The van der Waals surface area contributed by atoms with Gasteiger partial charge < -0.3 is 15.2 Å². The third-order valence-corrected chi connectivity index (χ3v) is 3.70. The van der Waals surface area contributed by atoms with Gasteiger partial charge in [-0.1, -0.05) is 26.0 Å². The van der Waals surface area contributed by atoms with Gasteiger partial charge in [0.25, 0.3) is 5.91 Å². The third-order valence-electron chi connectivity index (χ3n) is 3.70. The van der Waals surface area contributed by atoms with Gasteiger partial charge in [0, 0.05) is 6.04 Å². The highest BCUT2D eigenvalue weighted by atomic mass is 16.5. The maximum atomic E-state index is 12.1. The van der Waals surface area contributed by atoms with Gasteiger partial charge in [-0.2, -0.15) is 0 Å². The van der Waals surface area contributed by atoms with Gasteiger partial charge in [0.15, 0.2) is 6.10 Å².